The van der Waals surface area contributed by atoms with Crippen LogP contribution in [0.4, 0.5) is 5.82 Å². The highest BCUT2D eigenvalue weighted by Gasteiger charge is 2.19. The van der Waals surface area contributed by atoms with Crippen molar-refractivity contribution in [2.75, 3.05) is 12.8 Å². The number of nitrogen functional groups attached to an aromatic ring is 1. The van der Waals surface area contributed by atoms with Gasteiger partial charge in [-0.1, -0.05) is 0 Å². The van der Waals surface area contributed by atoms with Crippen LogP contribution in [0.3, 0.4) is 0 Å². The second-order valence-corrected chi connectivity index (χ2v) is 4.27. The van der Waals surface area contributed by atoms with E-state index in [1.54, 1.807) is 0 Å². The zero-order valence-corrected chi connectivity index (χ0v) is 11.4. The third-order valence-electron chi connectivity index (χ3n) is 2.99. The molecular weight excluding hydrogens is 292 g/mol. The average molecular weight is 304 g/mol. The number of amides is 1. The Morgan fingerprint density at radius 1 is 1.14 bits per heavy atom. The molecule has 1 aromatic carbocycles. The Kier molecular flexibility index (Phi) is 3.80. The van der Waals surface area contributed by atoms with Gasteiger partial charge in [0, 0.05) is 7.05 Å². The number of anilines is 1. The third kappa shape index (κ3) is 2.46. The summed E-state index contributed by atoms with van der Waals surface area (Å²) in [5, 5.41) is 24.4. The first-order valence-corrected chi connectivity index (χ1v) is 6.03. The van der Waals surface area contributed by atoms with Crippen LogP contribution in [0.2, 0.25) is 0 Å². The standard InChI is InChI=1S/C13H12N4O5/c1-15-11(18)9-5-16-17(10(9)14)6-2-3-7(12(19)20)8(4-6)13(21)22/h2-5H,14H2,1H3,(H,15,18)(H,19,20)(H,21,22). The number of nitrogens with zero attached hydrogens (tertiary/aromatic N) is 2. The van der Waals surface area contributed by atoms with Gasteiger partial charge in [0.15, 0.2) is 0 Å². The molecule has 0 unspecified atom stereocenters. The van der Waals surface area contributed by atoms with E-state index >= 15 is 0 Å². The molecule has 0 saturated carbocycles. The van der Waals surface area contributed by atoms with Crippen molar-refractivity contribution in [3.8, 4) is 5.69 Å². The average Bonchev–Trinajstić information content (AvgIpc) is 2.87. The van der Waals surface area contributed by atoms with Gasteiger partial charge in [-0.05, 0) is 18.2 Å². The number of carboxylic acids is 2. The van der Waals surface area contributed by atoms with Crippen LogP contribution in [0.5, 0.6) is 0 Å². The number of aromatic carboxylic acids is 2. The van der Waals surface area contributed by atoms with Crippen LogP contribution in [-0.4, -0.2) is 44.9 Å². The van der Waals surface area contributed by atoms with E-state index in [-0.39, 0.29) is 22.6 Å². The van der Waals surface area contributed by atoms with Crippen LogP contribution in [-0.2, 0) is 0 Å². The molecule has 2 aromatic rings. The van der Waals surface area contributed by atoms with E-state index < -0.39 is 23.4 Å². The van der Waals surface area contributed by atoms with E-state index in [1.165, 1.54) is 19.3 Å². The number of nitrogens with one attached hydrogen (secondary N) is 1. The second kappa shape index (κ2) is 5.56. The van der Waals surface area contributed by atoms with Gasteiger partial charge >= 0.3 is 11.9 Å². The first kappa shape index (κ1) is 15.0. The summed E-state index contributed by atoms with van der Waals surface area (Å²) < 4.78 is 1.16. The van der Waals surface area contributed by atoms with Crippen molar-refractivity contribution in [2.45, 2.75) is 0 Å². The number of hydrogen-bond donors (Lipinski definition) is 4. The third-order valence-corrected chi connectivity index (χ3v) is 2.99. The summed E-state index contributed by atoms with van der Waals surface area (Å²) in [4.78, 5) is 33.8. The van der Waals surface area contributed by atoms with Gasteiger partial charge in [-0.2, -0.15) is 5.10 Å². The Morgan fingerprint density at radius 3 is 2.32 bits per heavy atom. The maximum absolute atomic E-state index is 11.6. The summed E-state index contributed by atoms with van der Waals surface area (Å²) in [5.74, 6) is -3.18. The van der Waals surface area contributed by atoms with Crippen LogP contribution in [0.1, 0.15) is 31.1 Å². The van der Waals surface area contributed by atoms with Gasteiger partial charge in [0.05, 0.1) is 23.0 Å². The van der Waals surface area contributed by atoms with Crippen LogP contribution in [0, 0.1) is 0 Å². The lowest BCUT2D eigenvalue weighted by atomic mass is 10.1. The van der Waals surface area contributed by atoms with Crippen molar-refractivity contribution in [3.63, 3.8) is 0 Å². The van der Waals surface area contributed by atoms with Crippen molar-refractivity contribution >= 4 is 23.7 Å². The molecule has 0 aliphatic carbocycles. The maximum atomic E-state index is 11.6. The molecule has 0 bridgehead atoms. The molecule has 1 heterocycles. The highest BCUT2D eigenvalue weighted by Crippen LogP contribution is 2.20. The summed E-state index contributed by atoms with van der Waals surface area (Å²) in [7, 11) is 1.43. The molecule has 0 fully saturated rings. The number of aromatic nitrogens is 2. The highest BCUT2D eigenvalue weighted by molar-refractivity contribution is 6.02. The largest absolute Gasteiger partial charge is 0.478 e. The normalized spacial score (nSPS) is 10.2. The topological polar surface area (TPSA) is 148 Å². The van der Waals surface area contributed by atoms with Crippen molar-refractivity contribution in [2.24, 2.45) is 0 Å². The molecular formula is C13H12N4O5. The van der Waals surface area contributed by atoms with Gasteiger partial charge in [-0.3, -0.25) is 4.79 Å². The van der Waals surface area contributed by atoms with Gasteiger partial charge in [-0.25, -0.2) is 14.3 Å². The van der Waals surface area contributed by atoms with Crippen molar-refractivity contribution in [3.05, 3.63) is 41.1 Å². The number of carboxylic acid groups (broad SMARTS) is 2. The quantitative estimate of drug-likeness (QED) is 0.631. The predicted octanol–water partition coefficient (Wildman–Crippen LogP) is 0.210. The van der Waals surface area contributed by atoms with Gasteiger partial charge in [0.1, 0.15) is 11.4 Å². The molecule has 2 rings (SSSR count). The zero-order valence-electron chi connectivity index (χ0n) is 11.4. The molecule has 5 N–H and O–H groups in total. The summed E-state index contributed by atoms with van der Waals surface area (Å²) in [6.45, 7) is 0. The summed E-state index contributed by atoms with van der Waals surface area (Å²) >= 11 is 0. The number of carbonyl (C=O) groups is 3. The minimum Gasteiger partial charge on any atom is -0.478 e. The molecule has 1 amide bonds. The summed E-state index contributed by atoms with van der Waals surface area (Å²) in [5.41, 5.74) is 5.42. The lowest BCUT2D eigenvalue weighted by molar-refractivity contribution is 0.0651. The Morgan fingerprint density at radius 2 is 1.77 bits per heavy atom. The van der Waals surface area contributed by atoms with Crippen molar-refractivity contribution in [1.29, 1.82) is 0 Å². The summed E-state index contributed by atoms with van der Waals surface area (Å²) in [6, 6.07) is 3.62. The molecule has 9 heteroatoms. The Bertz CT molecular complexity index is 781. The number of benzene rings is 1. The summed E-state index contributed by atoms with van der Waals surface area (Å²) in [6.07, 6.45) is 1.24. The van der Waals surface area contributed by atoms with Crippen molar-refractivity contribution < 1.29 is 24.6 Å². The fraction of sp³-hybridized carbons (Fsp3) is 0.0769. The first-order chi connectivity index (χ1) is 10.4. The Labute approximate surface area is 124 Å². The predicted molar refractivity (Wildman–Crippen MR) is 75.3 cm³/mol. The lowest BCUT2D eigenvalue weighted by Crippen LogP contribution is -2.19. The first-order valence-electron chi connectivity index (χ1n) is 6.03. The highest BCUT2D eigenvalue weighted by atomic mass is 16.4. The smallest absolute Gasteiger partial charge is 0.336 e. The number of rotatable bonds is 4. The van der Waals surface area contributed by atoms with Crippen LogP contribution < -0.4 is 11.1 Å². The van der Waals surface area contributed by atoms with E-state index in [0.29, 0.717) is 0 Å². The molecule has 0 spiro atoms. The van der Waals surface area contributed by atoms with Crippen LogP contribution in [0.25, 0.3) is 5.69 Å². The maximum Gasteiger partial charge on any atom is 0.336 e. The molecule has 0 aliphatic rings. The van der Waals surface area contributed by atoms with E-state index in [2.05, 4.69) is 10.4 Å². The second-order valence-electron chi connectivity index (χ2n) is 4.27. The van der Waals surface area contributed by atoms with E-state index in [4.69, 9.17) is 15.9 Å². The van der Waals surface area contributed by atoms with E-state index in [0.717, 1.165) is 16.8 Å². The molecule has 0 atom stereocenters. The minimum atomic E-state index is -1.39. The van der Waals surface area contributed by atoms with E-state index in [1.807, 2.05) is 0 Å². The molecule has 1 aromatic heterocycles. The molecule has 9 nitrogen and oxygen atoms in total. The Hall–Kier alpha value is -3.36. The molecule has 22 heavy (non-hydrogen) atoms. The van der Waals surface area contributed by atoms with E-state index in [9.17, 15) is 14.4 Å². The van der Waals surface area contributed by atoms with Crippen LogP contribution in [0.15, 0.2) is 24.4 Å². The SMILES string of the molecule is CNC(=O)c1cnn(-c2ccc(C(=O)O)c(C(=O)O)c2)c1N. The molecule has 114 valence electrons. The fourth-order valence-corrected chi connectivity index (χ4v) is 1.90. The van der Waals surface area contributed by atoms with Crippen LogP contribution >= 0.6 is 0 Å². The lowest BCUT2D eigenvalue weighted by Gasteiger charge is -2.08. The fourth-order valence-electron chi connectivity index (χ4n) is 1.90. The number of carbonyl (C=O) groups excluding carboxylic acids is 1. The van der Waals surface area contributed by atoms with Gasteiger partial charge in [0.2, 0.25) is 0 Å². The van der Waals surface area contributed by atoms with Gasteiger partial charge in [-0.15, -0.1) is 0 Å². The monoisotopic (exact) mass is 304 g/mol. The number of hydrogen-bond acceptors (Lipinski definition) is 5. The molecule has 0 saturated heterocycles. The molecule has 0 radical (unpaired) electrons. The Balaban J connectivity index is 2.57. The van der Waals surface area contributed by atoms with Gasteiger partial charge in [0.25, 0.3) is 5.91 Å². The minimum absolute atomic E-state index is 0.0127. The zero-order chi connectivity index (χ0) is 16.4. The number of nitrogens with two attached hydrogens (primary N) is 1. The van der Waals surface area contributed by atoms with Crippen molar-refractivity contribution in [1.82, 2.24) is 15.1 Å². The molecule has 0 aliphatic heterocycles. The van der Waals surface area contributed by atoms with Gasteiger partial charge < -0.3 is 21.3 Å².